The molecule has 0 spiro atoms. The Bertz CT molecular complexity index is 402. The van der Waals surface area contributed by atoms with E-state index in [0.29, 0.717) is 18.3 Å². The zero-order valence-electron chi connectivity index (χ0n) is 13.8. The van der Waals surface area contributed by atoms with Crippen molar-refractivity contribution in [3.8, 4) is 0 Å². The largest absolute Gasteiger partial charge is 0.372 e. The van der Waals surface area contributed by atoms with Gasteiger partial charge in [-0.15, -0.1) is 0 Å². The van der Waals surface area contributed by atoms with E-state index in [-0.39, 0.29) is 11.0 Å². The van der Waals surface area contributed by atoms with E-state index >= 15 is 0 Å². The van der Waals surface area contributed by atoms with Crippen LogP contribution in [0.15, 0.2) is 11.6 Å². The minimum absolute atomic E-state index is 0.0662. The number of hydrogen-bond acceptors (Lipinski definition) is 2. The van der Waals surface area contributed by atoms with Crippen molar-refractivity contribution in [2.75, 3.05) is 0 Å². The van der Waals surface area contributed by atoms with Crippen LogP contribution in [0, 0.1) is 11.3 Å². The zero-order chi connectivity index (χ0) is 15.0. The summed E-state index contributed by atoms with van der Waals surface area (Å²) in [6, 6.07) is 0. The molecule has 0 aromatic rings. The average molecular weight is 278 g/mol. The second-order valence-corrected chi connectivity index (χ2v) is 7.98. The molecule has 0 amide bonds. The summed E-state index contributed by atoms with van der Waals surface area (Å²) in [5.41, 5.74) is 1.68. The number of allylic oxidation sites excluding steroid dienone is 2. The molecule has 1 fully saturated rings. The van der Waals surface area contributed by atoms with Gasteiger partial charge in [-0.3, -0.25) is 0 Å². The minimum Gasteiger partial charge on any atom is -0.372 e. The zero-order valence-corrected chi connectivity index (χ0v) is 13.8. The maximum atomic E-state index is 11.2. The van der Waals surface area contributed by atoms with Gasteiger partial charge in [0.1, 0.15) is 5.78 Å². The van der Waals surface area contributed by atoms with Crippen LogP contribution in [0.5, 0.6) is 0 Å². The van der Waals surface area contributed by atoms with E-state index in [1.165, 1.54) is 24.8 Å². The first kappa shape index (κ1) is 15.8. The Hall–Kier alpha value is -0.630. The number of Topliss-reactive ketones (excluding diaryl/α,β-unsaturated/α-hetero) is 1. The molecule has 2 aliphatic carbocycles. The third-order valence-electron chi connectivity index (χ3n) is 5.04. The van der Waals surface area contributed by atoms with E-state index in [4.69, 9.17) is 4.74 Å². The lowest BCUT2D eigenvalue weighted by atomic mass is 9.68. The van der Waals surface area contributed by atoms with Gasteiger partial charge in [-0.25, -0.2) is 0 Å². The molecule has 2 heteroatoms. The Morgan fingerprint density at radius 3 is 2.70 bits per heavy atom. The molecule has 0 bridgehead atoms. The lowest BCUT2D eigenvalue weighted by Crippen LogP contribution is -2.40. The van der Waals surface area contributed by atoms with Gasteiger partial charge in [0.15, 0.2) is 0 Å². The van der Waals surface area contributed by atoms with Gasteiger partial charge in [-0.2, -0.15) is 0 Å². The summed E-state index contributed by atoms with van der Waals surface area (Å²) < 4.78 is 6.35. The maximum Gasteiger partial charge on any atom is 0.130 e. The standard InChI is InChI=1S/C18H30O2/c1-13(19)6-7-14-8-9-15-10-11-16(18(15,5)12-14)20-17(2,3)4/h8,15-16H,6-7,9-12H2,1-5H3/t15-,16+,18+/m1/s1. The summed E-state index contributed by atoms with van der Waals surface area (Å²) in [5, 5.41) is 0. The monoisotopic (exact) mass is 278 g/mol. The van der Waals surface area contributed by atoms with Crippen molar-refractivity contribution in [1.29, 1.82) is 0 Å². The van der Waals surface area contributed by atoms with Crippen LogP contribution < -0.4 is 0 Å². The molecule has 0 N–H and O–H groups in total. The van der Waals surface area contributed by atoms with Crippen LogP contribution in [-0.4, -0.2) is 17.5 Å². The molecule has 0 aromatic heterocycles. The van der Waals surface area contributed by atoms with Crippen LogP contribution in [0.1, 0.15) is 73.1 Å². The van der Waals surface area contributed by atoms with E-state index in [2.05, 4.69) is 33.8 Å². The van der Waals surface area contributed by atoms with E-state index in [0.717, 1.165) is 18.8 Å². The van der Waals surface area contributed by atoms with Gasteiger partial charge >= 0.3 is 0 Å². The highest BCUT2D eigenvalue weighted by Crippen LogP contribution is 2.54. The predicted molar refractivity (Wildman–Crippen MR) is 82.7 cm³/mol. The summed E-state index contributed by atoms with van der Waals surface area (Å²) in [6.07, 6.45) is 9.17. The first-order valence-corrected chi connectivity index (χ1v) is 8.06. The Labute approximate surface area is 124 Å². The predicted octanol–water partition coefficient (Wildman–Crippen LogP) is 4.68. The first-order chi connectivity index (χ1) is 9.21. The molecule has 3 atom stereocenters. The van der Waals surface area contributed by atoms with Crippen LogP contribution in [0.25, 0.3) is 0 Å². The number of carbonyl (C=O) groups is 1. The molecule has 2 rings (SSSR count). The molecule has 0 saturated heterocycles. The second kappa shape index (κ2) is 5.63. The fraction of sp³-hybridized carbons (Fsp3) is 0.833. The Balaban J connectivity index is 2.06. The molecule has 0 aromatic carbocycles. The third kappa shape index (κ3) is 3.52. The SMILES string of the molecule is CC(=O)CCC1=CC[C@@H]2CC[C@H](OC(C)(C)C)[C@@]2(C)C1. The number of rotatable bonds is 4. The summed E-state index contributed by atoms with van der Waals surface area (Å²) in [5.74, 6) is 1.06. The summed E-state index contributed by atoms with van der Waals surface area (Å²) in [4.78, 5) is 11.2. The van der Waals surface area contributed by atoms with Crippen molar-refractivity contribution >= 4 is 5.78 Å². The van der Waals surface area contributed by atoms with E-state index in [1.807, 2.05) is 0 Å². The van der Waals surface area contributed by atoms with Crippen LogP contribution in [-0.2, 0) is 9.53 Å². The van der Waals surface area contributed by atoms with Crippen molar-refractivity contribution in [2.24, 2.45) is 11.3 Å². The van der Waals surface area contributed by atoms with Crippen LogP contribution in [0.3, 0.4) is 0 Å². The molecule has 1 saturated carbocycles. The topological polar surface area (TPSA) is 26.3 Å². The van der Waals surface area contributed by atoms with Crippen molar-refractivity contribution < 1.29 is 9.53 Å². The summed E-state index contributed by atoms with van der Waals surface area (Å²) in [7, 11) is 0. The van der Waals surface area contributed by atoms with Crippen molar-refractivity contribution in [3.05, 3.63) is 11.6 Å². The van der Waals surface area contributed by atoms with E-state index in [1.54, 1.807) is 6.92 Å². The summed E-state index contributed by atoms with van der Waals surface area (Å²) in [6.45, 7) is 10.5. The second-order valence-electron chi connectivity index (χ2n) is 7.98. The number of hydrogen-bond donors (Lipinski definition) is 0. The molecule has 20 heavy (non-hydrogen) atoms. The lowest BCUT2D eigenvalue weighted by Gasteiger charge is -2.42. The Morgan fingerprint density at radius 2 is 2.10 bits per heavy atom. The molecule has 0 radical (unpaired) electrons. The first-order valence-electron chi connectivity index (χ1n) is 8.06. The number of ether oxygens (including phenoxy) is 1. The maximum absolute atomic E-state index is 11.2. The van der Waals surface area contributed by atoms with E-state index in [9.17, 15) is 4.79 Å². The molecule has 0 aliphatic heterocycles. The highest BCUT2D eigenvalue weighted by Gasteiger charge is 2.49. The van der Waals surface area contributed by atoms with Crippen molar-refractivity contribution in [1.82, 2.24) is 0 Å². The highest BCUT2D eigenvalue weighted by atomic mass is 16.5. The van der Waals surface area contributed by atoms with Gasteiger partial charge in [-0.1, -0.05) is 18.6 Å². The normalized spacial score (nSPS) is 33.8. The number of carbonyl (C=O) groups excluding carboxylic acids is 1. The van der Waals surface area contributed by atoms with Crippen LogP contribution in [0.4, 0.5) is 0 Å². The quantitative estimate of drug-likeness (QED) is 0.698. The molecule has 114 valence electrons. The molecular formula is C18H30O2. The molecule has 0 heterocycles. The van der Waals surface area contributed by atoms with Gasteiger partial charge in [0.2, 0.25) is 0 Å². The number of fused-ring (bicyclic) bond motifs is 1. The minimum atomic E-state index is -0.0662. The molecular weight excluding hydrogens is 248 g/mol. The van der Waals surface area contributed by atoms with Gasteiger partial charge in [-0.05, 0) is 65.7 Å². The van der Waals surface area contributed by atoms with Gasteiger partial charge in [0, 0.05) is 11.8 Å². The Morgan fingerprint density at radius 1 is 1.40 bits per heavy atom. The van der Waals surface area contributed by atoms with E-state index < -0.39 is 0 Å². The highest BCUT2D eigenvalue weighted by molar-refractivity contribution is 5.75. The van der Waals surface area contributed by atoms with Gasteiger partial charge in [0.25, 0.3) is 0 Å². The van der Waals surface area contributed by atoms with Crippen molar-refractivity contribution in [3.63, 3.8) is 0 Å². The molecule has 0 unspecified atom stereocenters. The molecule has 2 nitrogen and oxygen atoms in total. The fourth-order valence-corrected chi connectivity index (χ4v) is 3.94. The average Bonchev–Trinajstić information content (AvgIpc) is 2.61. The van der Waals surface area contributed by atoms with Gasteiger partial charge in [0.05, 0.1) is 11.7 Å². The van der Waals surface area contributed by atoms with Crippen LogP contribution in [0.2, 0.25) is 0 Å². The fourth-order valence-electron chi connectivity index (χ4n) is 3.94. The third-order valence-corrected chi connectivity index (χ3v) is 5.04. The summed E-state index contributed by atoms with van der Waals surface area (Å²) >= 11 is 0. The lowest BCUT2D eigenvalue weighted by molar-refractivity contribution is -0.117. The molecule has 2 aliphatic rings. The van der Waals surface area contributed by atoms with Crippen molar-refractivity contribution in [2.45, 2.75) is 84.8 Å². The van der Waals surface area contributed by atoms with Gasteiger partial charge < -0.3 is 9.53 Å². The Kier molecular flexibility index (Phi) is 4.44. The number of ketones is 1. The van der Waals surface area contributed by atoms with Crippen LogP contribution >= 0.6 is 0 Å². The smallest absolute Gasteiger partial charge is 0.130 e.